The van der Waals surface area contributed by atoms with E-state index in [9.17, 15) is 18.4 Å². The van der Waals surface area contributed by atoms with E-state index in [1.807, 2.05) is 0 Å². The van der Waals surface area contributed by atoms with Crippen molar-refractivity contribution in [3.05, 3.63) is 53.6 Å². The van der Waals surface area contributed by atoms with E-state index in [2.05, 4.69) is 5.32 Å². The molecule has 0 saturated carbocycles. The number of anilines is 1. The molecule has 26 heavy (non-hydrogen) atoms. The van der Waals surface area contributed by atoms with Gasteiger partial charge in [0, 0.05) is 24.7 Å². The molecule has 0 bridgehead atoms. The van der Waals surface area contributed by atoms with Crippen molar-refractivity contribution in [1.82, 2.24) is 4.90 Å². The first-order chi connectivity index (χ1) is 12.5. The predicted molar refractivity (Wildman–Crippen MR) is 86.9 cm³/mol. The Bertz CT molecular complexity index is 897. The van der Waals surface area contributed by atoms with Crippen molar-refractivity contribution in [1.29, 1.82) is 0 Å². The molecule has 0 radical (unpaired) electrons. The highest BCUT2D eigenvalue weighted by molar-refractivity contribution is 5.99. The van der Waals surface area contributed by atoms with Crippen LogP contribution in [0.25, 0.3) is 0 Å². The molecule has 6 nitrogen and oxygen atoms in total. The highest BCUT2D eigenvalue weighted by Crippen LogP contribution is 2.33. The van der Waals surface area contributed by atoms with Crippen molar-refractivity contribution in [3.8, 4) is 11.5 Å². The molecule has 4 rings (SSSR count). The van der Waals surface area contributed by atoms with Gasteiger partial charge in [-0.05, 0) is 30.3 Å². The van der Waals surface area contributed by atoms with Gasteiger partial charge in [-0.2, -0.15) is 0 Å². The van der Waals surface area contributed by atoms with Crippen molar-refractivity contribution in [2.45, 2.75) is 0 Å². The Kier molecular flexibility index (Phi) is 3.95. The number of fused-ring (bicyclic) bond motifs is 1. The topological polar surface area (TPSA) is 67.9 Å². The monoisotopic (exact) mass is 360 g/mol. The minimum atomic E-state index is -0.715. The first kappa shape index (κ1) is 16.3. The van der Waals surface area contributed by atoms with E-state index in [1.54, 1.807) is 18.2 Å². The zero-order chi connectivity index (χ0) is 18.3. The summed E-state index contributed by atoms with van der Waals surface area (Å²) in [5.74, 6) is -1.43. The number of hydrogen-bond donors (Lipinski definition) is 1. The minimum Gasteiger partial charge on any atom is -0.454 e. The number of hydrogen-bond acceptors (Lipinski definition) is 4. The predicted octanol–water partition coefficient (Wildman–Crippen LogP) is 2.40. The molecular formula is C18H14F2N2O4. The summed E-state index contributed by atoms with van der Waals surface area (Å²) < 4.78 is 37.2. The maximum absolute atomic E-state index is 13.6. The molecule has 2 aliphatic rings. The quantitative estimate of drug-likeness (QED) is 0.913. The number of rotatable bonds is 3. The van der Waals surface area contributed by atoms with Crippen molar-refractivity contribution < 1.29 is 27.8 Å². The van der Waals surface area contributed by atoms with Crippen LogP contribution in [0.4, 0.5) is 14.5 Å². The molecule has 0 aromatic heterocycles. The first-order valence-corrected chi connectivity index (χ1v) is 7.96. The van der Waals surface area contributed by atoms with Crippen LogP contribution in [0.1, 0.15) is 10.4 Å². The molecule has 2 aliphatic heterocycles. The molecule has 2 aromatic carbocycles. The summed E-state index contributed by atoms with van der Waals surface area (Å²) in [4.78, 5) is 26.1. The second-order valence-electron chi connectivity index (χ2n) is 6.09. The molecule has 134 valence electrons. The van der Waals surface area contributed by atoms with Gasteiger partial charge in [0.1, 0.15) is 11.6 Å². The lowest BCUT2D eigenvalue weighted by atomic mass is 9.97. The molecule has 0 atom stereocenters. The Labute approximate surface area is 147 Å². The number of carbonyl (C=O) groups excluding carboxylic acids is 2. The summed E-state index contributed by atoms with van der Waals surface area (Å²) in [6.07, 6.45) is 0. The summed E-state index contributed by atoms with van der Waals surface area (Å²) in [7, 11) is 0. The Morgan fingerprint density at radius 1 is 1.04 bits per heavy atom. The van der Waals surface area contributed by atoms with Crippen molar-refractivity contribution in [2.75, 3.05) is 25.2 Å². The van der Waals surface area contributed by atoms with Crippen molar-refractivity contribution in [3.63, 3.8) is 0 Å². The highest BCUT2D eigenvalue weighted by Gasteiger charge is 2.36. The van der Waals surface area contributed by atoms with Crippen LogP contribution in [0.5, 0.6) is 11.5 Å². The Morgan fingerprint density at radius 2 is 1.81 bits per heavy atom. The first-order valence-electron chi connectivity index (χ1n) is 7.96. The van der Waals surface area contributed by atoms with Crippen LogP contribution < -0.4 is 14.8 Å². The fourth-order valence-corrected chi connectivity index (χ4v) is 2.85. The number of nitrogens with zero attached hydrogens (tertiary/aromatic N) is 1. The van der Waals surface area contributed by atoms with Gasteiger partial charge in [-0.25, -0.2) is 8.78 Å². The number of carbonyl (C=O) groups is 2. The summed E-state index contributed by atoms with van der Waals surface area (Å²) in [6.45, 7) is 0.529. The number of nitrogens with one attached hydrogen (secondary N) is 1. The molecule has 0 aliphatic carbocycles. The van der Waals surface area contributed by atoms with Crippen LogP contribution in [0.3, 0.4) is 0 Å². The van der Waals surface area contributed by atoms with Gasteiger partial charge in [0.2, 0.25) is 12.7 Å². The number of likely N-dealkylation sites (tertiary alicyclic amines) is 1. The third-order valence-electron chi connectivity index (χ3n) is 4.35. The average Bonchev–Trinajstić information content (AvgIpc) is 3.04. The lowest BCUT2D eigenvalue weighted by Gasteiger charge is -2.38. The maximum atomic E-state index is 13.6. The van der Waals surface area contributed by atoms with Gasteiger partial charge < -0.3 is 19.7 Å². The van der Waals surface area contributed by atoms with Crippen LogP contribution in [0.2, 0.25) is 0 Å². The Morgan fingerprint density at radius 3 is 2.62 bits per heavy atom. The van der Waals surface area contributed by atoms with Crippen LogP contribution in [-0.4, -0.2) is 36.6 Å². The minimum absolute atomic E-state index is 0.121. The third kappa shape index (κ3) is 2.94. The number of halogens is 2. The maximum Gasteiger partial charge on any atom is 0.254 e. The number of benzene rings is 2. The fourth-order valence-electron chi connectivity index (χ4n) is 2.85. The van der Waals surface area contributed by atoms with Gasteiger partial charge in [-0.3, -0.25) is 9.59 Å². The second kappa shape index (κ2) is 6.29. The molecular weight excluding hydrogens is 346 g/mol. The van der Waals surface area contributed by atoms with Gasteiger partial charge in [-0.1, -0.05) is 0 Å². The molecule has 1 N–H and O–H groups in total. The summed E-state index contributed by atoms with van der Waals surface area (Å²) in [6, 6.07) is 7.72. The fraction of sp³-hybridized carbons (Fsp3) is 0.222. The van der Waals surface area contributed by atoms with Crippen molar-refractivity contribution >= 4 is 17.5 Å². The van der Waals surface area contributed by atoms with E-state index in [0.29, 0.717) is 17.1 Å². The van der Waals surface area contributed by atoms with Crippen LogP contribution in [-0.2, 0) is 4.79 Å². The third-order valence-corrected chi connectivity index (χ3v) is 4.35. The molecule has 0 unspecified atom stereocenters. The Hall–Kier alpha value is -3.16. The number of ether oxygens (including phenoxy) is 2. The van der Waals surface area contributed by atoms with Gasteiger partial charge in [-0.15, -0.1) is 0 Å². The van der Waals surface area contributed by atoms with Crippen LogP contribution in [0.15, 0.2) is 36.4 Å². The SMILES string of the molecule is O=C(Nc1cc(F)ccc1F)C1CN(C(=O)c2ccc3c(c2)OCO3)C1. The molecule has 1 saturated heterocycles. The van der Waals surface area contributed by atoms with E-state index in [0.717, 1.165) is 18.2 Å². The van der Waals surface area contributed by atoms with E-state index >= 15 is 0 Å². The average molecular weight is 360 g/mol. The summed E-state index contributed by atoms with van der Waals surface area (Å²) >= 11 is 0. The normalized spacial score (nSPS) is 15.5. The molecule has 8 heteroatoms. The van der Waals surface area contributed by atoms with Crippen LogP contribution >= 0.6 is 0 Å². The smallest absolute Gasteiger partial charge is 0.254 e. The van der Waals surface area contributed by atoms with E-state index < -0.39 is 23.5 Å². The molecule has 2 aromatic rings. The summed E-state index contributed by atoms with van der Waals surface area (Å²) in [5.41, 5.74) is 0.222. The highest BCUT2D eigenvalue weighted by atomic mass is 19.1. The van der Waals surface area contributed by atoms with Gasteiger partial charge in [0.25, 0.3) is 5.91 Å². The molecule has 1 fully saturated rings. The number of amides is 2. The van der Waals surface area contributed by atoms with E-state index in [-0.39, 0.29) is 31.5 Å². The Balaban J connectivity index is 1.36. The molecule has 2 heterocycles. The van der Waals surface area contributed by atoms with Gasteiger partial charge >= 0.3 is 0 Å². The van der Waals surface area contributed by atoms with Crippen molar-refractivity contribution in [2.24, 2.45) is 5.92 Å². The lowest BCUT2D eigenvalue weighted by Crippen LogP contribution is -2.54. The molecule has 2 amide bonds. The largest absolute Gasteiger partial charge is 0.454 e. The second-order valence-corrected chi connectivity index (χ2v) is 6.09. The van der Waals surface area contributed by atoms with Gasteiger partial charge in [0.05, 0.1) is 11.6 Å². The summed E-state index contributed by atoms with van der Waals surface area (Å²) in [5, 5.41) is 2.36. The van der Waals surface area contributed by atoms with E-state index in [1.165, 1.54) is 4.90 Å². The zero-order valence-electron chi connectivity index (χ0n) is 13.5. The van der Waals surface area contributed by atoms with Crippen LogP contribution in [0, 0.1) is 17.6 Å². The molecule has 0 spiro atoms. The lowest BCUT2D eigenvalue weighted by molar-refractivity contribution is -0.123. The van der Waals surface area contributed by atoms with Gasteiger partial charge in [0.15, 0.2) is 11.5 Å². The standard InChI is InChI=1S/C18H14F2N2O4/c19-12-2-3-13(20)14(6-12)21-17(23)11-7-22(8-11)18(24)10-1-4-15-16(5-10)26-9-25-15/h1-6,11H,7-9H2,(H,21,23). The zero-order valence-corrected chi connectivity index (χ0v) is 13.5. The van der Waals surface area contributed by atoms with E-state index in [4.69, 9.17) is 9.47 Å².